The number of pyridine rings is 1. The summed E-state index contributed by atoms with van der Waals surface area (Å²) in [5, 5.41) is 5.54. The Morgan fingerprint density at radius 2 is 1.68 bits per heavy atom. The number of aromatic nitrogens is 1. The number of benzene rings is 1. The van der Waals surface area contributed by atoms with E-state index in [-0.39, 0.29) is 11.6 Å². The molecule has 0 fully saturated rings. The number of nitrogens with zero attached hydrogens (tertiary/aromatic N) is 1. The van der Waals surface area contributed by atoms with Crippen molar-refractivity contribution in [1.29, 1.82) is 0 Å². The number of anilines is 1. The number of hydrogen-bond acceptors (Lipinski definition) is 6. The fraction of sp³-hybridized carbons (Fsp3) is 0.350. The quantitative estimate of drug-likeness (QED) is 0.642. The van der Waals surface area contributed by atoms with Gasteiger partial charge in [0, 0.05) is 36.1 Å². The zero-order chi connectivity index (χ0) is 20.5. The molecule has 2 amide bonds. The van der Waals surface area contributed by atoms with Gasteiger partial charge in [-0.1, -0.05) is 13.3 Å². The van der Waals surface area contributed by atoms with E-state index in [2.05, 4.69) is 15.6 Å². The summed E-state index contributed by atoms with van der Waals surface area (Å²) in [6.07, 6.45) is 3.31. The average Bonchev–Trinajstić information content (AvgIpc) is 2.73. The molecule has 0 atom stereocenters. The molecule has 2 N–H and O–H groups in total. The maximum Gasteiger partial charge on any atom is 0.274 e. The van der Waals surface area contributed by atoms with E-state index in [4.69, 9.17) is 14.2 Å². The maximum atomic E-state index is 12.6. The molecule has 0 spiro atoms. The van der Waals surface area contributed by atoms with Gasteiger partial charge < -0.3 is 24.8 Å². The van der Waals surface area contributed by atoms with Crippen LogP contribution < -0.4 is 24.8 Å². The highest BCUT2D eigenvalue weighted by Crippen LogP contribution is 2.39. The molecule has 1 heterocycles. The lowest BCUT2D eigenvalue weighted by atomic mass is 10.2. The highest BCUT2D eigenvalue weighted by atomic mass is 16.5. The molecule has 8 heteroatoms. The summed E-state index contributed by atoms with van der Waals surface area (Å²) in [6.45, 7) is 2.63. The summed E-state index contributed by atoms with van der Waals surface area (Å²) in [7, 11) is 4.48. The normalized spacial score (nSPS) is 10.1. The predicted octanol–water partition coefficient (Wildman–Crippen LogP) is 2.89. The van der Waals surface area contributed by atoms with Gasteiger partial charge in [0.25, 0.3) is 11.8 Å². The highest BCUT2D eigenvalue weighted by molar-refractivity contribution is 6.05. The van der Waals surface area contributed by atoms with E-state index < -0.39 is 5.91 Å². The van der Waals surface area contributed by atoms with Gasteiger partial charge in [0.15, 0.2) is 11.5 Å². The second-order valence-electron chi connectivity index (χ2n) is 5.91. The zero-order valence-corrected chi connectivity index (χ0v) is 16.5. The van der Waals surface area contributed by atoms with Crippen LogP contribution in [0, 0.1) is 0 Å². The van der Waals surface area contributed by atoms with Crippen molar-refractivity contribution in [3.05, 3.63) is 41.7 Å². The molecule has 28 heavy (non-hydrogen) atoms. The molecule has 150 valence electrons. The van der Waals surface area contributed by atoms with Gasteiger partial charge >= 0.3 is 0 Å². The van der Waals surface area contributed by atoms with Gasteiger partial charge in [0.05, 0.1) is 21.3 Å². The number of carbonyl (C=O) groups is 2. The van der Waals surface area contributed by atoms with Crippen LogP contribution in [0.25, 0.3) is 0 Å². The van der Waals surface area contributed by atoms with Crippen LogP contribution in [0.3, 0.4) is 0 Å². The van der Waals surface area contributed by atoms with Crippen LogP contribution in [0.1, 0.15) is 40.6 Å². The lowest BCUT2D eigenvalue weighted by molar-refractivity contribution is 0.0953. The first kappa shape index (κ1) is 21.0. The number of carbonyl (C=O) groups excluding carboxylic acids is 2. The number of rotatable bonds is 9. The van der Waals surface area contributed by atoms with Gasteiger partial charge in [-0.2, -0.15) is 0 Å². The highest BCUT2D eigenvalue weighted by Gasteiger charge is 2.16. The fourth-order valence-corrected chi connectivity index (χ4v) is 2.53. The molecule has 2 aromatic rings. The smallest absolute Gasteiger partial charge is 0.274 e. The van der Waals surface area contributed by atoms with Crippen LogP contribution in [-0.2, 0) is 0 Å². The monoisotopic (exact) mass is 387 g/mol. The third-order valence-electron chi connectivity index (χ3n) is 3.99. The minimum atomic E-state index is -0.461. The number of unbranched alkanes of at least 4 members (excludes halogenated alkanes) is 1. The Morgan fingerprint density at radius 3 is 2.25 bits per heavy atom. The first-order valence-corrected chi connectivity index (χ1v) is 8.89. The molecule has 0 radical (unpaired) electrons. The molecule has 1 aromatic carbocycles. The zero-order valence-electron chi connectivity index (χ0n) is 16.5. The van der Waals surface area contributed by atoms with E-state index in [0.29, 0.717) is 35.0 Å². The van der Waals surface area contributed by atoms with Gasteiger partial charge in [-0.05, 0) is 18.6 Å². The first-order chi connectivity index (χ1) is 13.5. The molecular weight excluding hydrogens is 362 g/mol. The molecule has 0 bridgehead atoms. The number of amides is 2. The Hall–Kier alpha value is -3.29. The Kier molecular flexibility index (Phi) is 7.62. The van der Waals surface area contributed by atoms with Crippen molar-refractivity contribution < 1.29 is 23.8 Å². The van der Waals surface area contributed by atoms with E-state index in [9.17, 15) is 9.59 Å². The fourth-order valence-electron chi connectivity index (χ4n) is 2.53. The standard InChI is InChI=1S/C20H25N3O5/c1-5-6-8-22-19(24)13-7-9-21-15(10-13)20(25)23-14-11-16(26-2)18(28-4)17(12-14)27-3/h7,9-12H,5-6,8H2,1-4H3,(H,22,24)(H,23,25). The van der Waals surface area contributed by atoms with Crippen molar-refractivity contribution in [1.82, 2.24) is 10.3 Å². The van der Waals surface area contributed by atoms with Gasteiger partial charge in [-0.15, -0.1) is 0 Å². The Morgan fingerprint density at radius 1 is 1.00 bits per heavy atom. The van der Waals surface area contributed by atoms with Gasteiger partial charge in [0.2, 0.25) is 5.75 Å². The second-order valence-corrected chi connectivity index (χ2v) is 5.91. The third-order valence-corrected chi connectivity index (χ3v) is 3.99. The molecule has 2 rings (SSSR count). The Balaban J connectivity index is 2.19. The van der Waals surface area contributed by atoms with Gasteiger partial charge in [-0.3, -0.25) is 14.6 Å². The van der Waals surface area contributed by atoms with Crippen LogP contribution in [-0.4, -0.2) is 44.7 Å². The lowest BCUT2D eigenvalue weighted by Crippen LogP contribution is -2.25. The SMILES string of the molecule is CCCCNC(=O)c1ccnc(C(=O)Nc2cc(OC)c(OC)c(OC)c2)c1. The maximum absolute atomic E-state index is 12.6. The van der Waals surface area contributed by atoms with Crippen molar-refractivity contribution in [2.75, 3.05) is 33.2 Å². The summed E-state index contributed by atoms with van der Waals surface area (Å²) in [5.41, 5.74) is 0.942. The van der Waals surface area contributed by atoms with Crippen molar-refractivity contribution >= 4 is 17.5 Å². The predicted molar refractivity (Wildman–Crippen MR) is 106 cm³/mol. The summed E-state index contributed by atoms with van der Waals surface area (Å²) < 4.78 is 15.8. The van der Waals surface area contributed by atoms with E-state index in [1.54, 1.807) is 18.2 Å². The minimum Gasteiger partial charge on any atom is -0.493 e. The molecule has 0 aliphatic rings. The summed E-state index contributed by atoms with van der Waals surface area (Å²) >= 11 is 0. The van der Waals surface area contributed by atoms with E-state index in [1.807, 2.05) is 6.92 Å². The molecule has 0 unspecified atom stereocenters. The van der Waals surface area contributed by atoms with Crippen LogP contribution >= 0.6 is 0 Å². The molecular formula is C20H25N3O5. The van der Waals surface area contributed by atoms with E-state index in [1.165, 1.54) is 33.6 Å². The molecule has 0 aliphatic heterocycles. The number of methoxy groups -OCH3 is 3. The van der Waals surface area contributed by atoms with E-state index in [0.717, 1.165) is 12.8 Å². The first-order valence-electron chi connectivity index (χ1n) is 8.89. The van der Waals surface area contributed by atoms with Gasteiger partial charge in [-0.25, -0.2) is 0 Å². The van der Waals surface area contributed by atoms with Crippen molar-refractivity contribution in [3.63, 3.8) is 0 Å². The summed E-state index contributed by atoms with van der Waals surface area (Å²) in [4.78, 5) is 28.8. The topological polar surface area (TPSA) is 98.8 Å². The van der Waals surface area contributed by atoms with E-state index >= 15 is 0 Å². The molecule has 1 aromatic heterocycles. The molecule has 0 saturated heterocycles. The minimum absolute atomic E-state index is 0.122. The summed E-state index contributed by atoms with van der Waals surface area (Å²) in [5.74, 6) is 0.547. The van der Waals surface area contributed by atoms with Crippen LogP contribution in [0.5, 0.6) is 17.2 Å². The lowest BCUT2D eigenvalue weighted by Gasteiger charge is -2.14. The Labute approximate surface area is 164 Å². The number of hydrogen-bond donors (Lipinski definition) is 2. The van der Waals surface area contributed by atoms with Crippen LogP contribution in [0.2, 0.25) is 0 Å². The average molecular weight is 387 g/mol. The summed E-state index contributed by atoms with van der Waals surface area (Å²) in [6, 6.07) is 6.24. The van der Waals surface area contributed by atoms with Crippen molar-refractivity contribution in [2.24, 2.45) is 0 Å². The number of ether oxygens (including phenoxy) is 3. The second kappa shape index (κ2) is 10.1. The van der Waals surface area contributed by atoms with Crippen LogP contribution in [0.4, 0.5) is 5.69 Å². The number of nitrogens with one attached hydrogen (secondary N) is 2. The molecule has 0 aliphatic carbocycles. The van der Waals surface area contributed by atoms with Crippen molar-refractivity contribution in [2.45, 2.75) is 19.8 Å². The largest absolute Gasteiger partial charge is 0.493 e. The Bertz CT molecular complexity index is 813. The van der Waals surface area contributed by atoms with Gasteiger partial charge in [0.1, 0.15) is 5.69 Å². The molecule has 0 saturated carbocycles. The van der Waals surface area contributed by atoms with Crippen molar-refractivity contribution in [3.8, 4) is 17.2 Å². The molecule has 8 nitrogen and oxygen atoms in total. The third kappa shape index (κ3) is 5.12. The van der Waals surface area contributed by atoms with Crippen LogP contribution in [0.15, 0.2) is 30.5 Å².